The molecule has 4 aromatic heterocycles. The van der Waals surface area contributed by atoms with Crippen LogP contribution in [0.3, 0.4) is 0 Å². The van der Waals surface area contributed by atoms with Gasteiger partial charge in [-0.3, -0.25) is 4.98 Å². The first-order valence-corrected chi connectivity index (χ1v) is 13.6. The Bertz CT molecular complexity index is 1710. The molecule has 1 aromatic carbocycles. The lowest BCUT2D eigenvalue weighted by Gasteiger charge is -2.27. The van der Waals surface area contributed by atoms with E-state index in [2.05, 4.69) is 31.7 Å². The van der Waals surface area contributed by atoms with Crippen LogP contribution in [0.2, 0.25) is 5.02 Å². The van der Waals surface area contributed by atoms with Crippen LogP contribution in [0.5, 0.6) is 0 Å². The van der Waals surface area contributed by atoms with Crippen molar-refractivity contribution in [3.63, 3.8) is 0 Å². The smallest absolute Gasteiger partial charge is 0.384 e. The zero-order valence-corrected chi connectivity index (χ0v) is 22.6. The average Bonchev–Trinajstić information content (AvgIpc) is 3.54. The summed E-state index contributed by atoms with van der Waals surface area (Å²) in [6.07, 6.45) is 7.73. The number of hydrogen-bond acceptors (Lipinski definition) is 8. The van der Waals surface area contributed by atoms with Crippen molar-refractivity contribution in [2.45, 2.75) is 52.4 Å². The van der Waals surface area contributed by atoms with Gasteiger partial charge in [0.2, 0.25) is 5.82 Å². The van der Waals surface area contributed by atoms with E-state index in [4.69, 9.17) is 30.7 Å². The van der Waals surface area contributed by atoms with E-state index in [1.807, 2.05) is 0 Å². The first-order chi connectivity index (χ1) is 19.4. The fourth-order valence-electron chi connectivity index (χ4n) is 5.19. The predicted molar refractivity (Wildman–Crippen MR) is 146 cm³/mol. The minimum atomic E-state index is -0.719. The second kappa shape index (κ2) is 11.3. The van der Waals surface area contributed by atoms with Gasteiger partial charge in [-0.2, -0.15) is 0 Å². The lowest BCUT2D eigenvalue weighted by atomic mass is 9.83. The molecule has 1 aliphatic carbocycles. The fraction of sp³-hybridized carbons (Fsp3) is 0.357. The Balaban J connectivity index is 1.46. The van der Waals surface area contributed by atoms with Gasteiger partial charge >= 0.3 is 5.76 Å². The number of benzene rings is 1. The van der Waals surface area contributed by atoms with E-state index < -0.39 is 5.76 Å². The van der Waals surface area contributed by atoms with Crippen LogP contribution < -0.4 is 5.76 Å². The average molecular weight is 564 g/mol. The van der Waals surface area contributed by atoms with Gasteiger partial charge in [0.15, 0.2) is 5.65 Å². The molecule has 0 bridgehead atoms. The maximum absolute atomic E-state index is 14.2. The molecule has 1 N–H and O–H groups in total. The molecular weight excluding hydrogens is 537 g/mol. The van der Waals surface area contributed by atoms with Gasteiger partial charge in [-0.05, 0) is 36.8 Å². The number of aromatic nitrogens is 7. The van der Waals surface area contributed by atoms with Crippen molar-refractivity contribution in [1.29, 1.82) is 0 Å². The molecule has 40 heavy (non-hydrogen) atoms. The molecule has 1 fully saturated rings. The molecule has 0 atom stereocenters. The van der Waals surface area contributed by atoms with Crippen molar-refractivity contribution in [2.75, 3.05) is 0 Å². The first kappa shape index (κ1) is 26.3. The molecule has 1 saturated carbocycles. The summed E-state index contributed by atoms with van der Waals surface area (Å²) in [6, 6.07) is 8.29. The van der Waals surface area contributed by atoms with Gasteiger partial charge in [0.25, 0.3) is 5.89 Å². The highest BCUT2D eigenvalue weighted by atomic mass is 35.5. The molecule has 0 unspecified atom stereocenters. The van der Waals surface area contributed by atoms with Crippen molar-refractivity contribution >= 4 is 22.8 Å². The molecule has 12 heteroatoms. The van der Waals surface area contributed by atoms with Crippen LogP contribution in [-0.4, -0.2) is 34.7 Å². The number of nitrogens with zero attached hydrogens (tertiary/aromatic N) is 6. The standard InChI is InChI=1S/C28H27ClFN7O3/c1-16-6-8-17(9-7-16)13-37-22(15-39-14-18-4-2-3-5-21(18)30)32-25-24(37)23(19-10-20(29)12-31-11-19)33-26(34-25)27-35-36-28(38)40-27/h2-5,10-12,16-17H,6-9,13-15H2,1H3,(H,36,38). The number of hydrogen-bond donors (Lipinski definition) is 1. The topological polar surface area (TPSA) is 125 Å². The van der Waals surface area contributed by atoms with Gasteiger partial charge < -0.3 is 13.7 Å². The second-order valence-corrected chi connectivity index (χ2v) is 10.7. The van der Waals surface area contributed by atoms with Gasteiger partial charge in [-0.15, -0.1) is 5.10 Å². The summed E-state index contributed by atoms with van der Waals surface area (Å²) in [5.74, 6) is 0.779. The van der Waals surface area contributed by atoms with Crippen LogP contribution in [0.25, 0.3) is 34.1 Å². The fourth-order valence-corrected chi connectivity index (χ4v) is 5.36. The lowest BCUT2D eigenvalue weighted by molar-refractivity contribution is 0.0963. The predicted octanol–water partition coefficient (Wildman–Crippen LogP) is 5.57. The Hall–Kier alpha value is -3.96. The maximum atomic E-state index is 14.2. The summed E-state index contributed by atoms with van der Waals surface area (Å²) in [5.41, 5.74) is 2.72. The van der Waals surface area contributed by atoms with Gasteiger partial charge in [-0.1, -0.05) is 49.6 Å². The highest BCUT2D eigenvalue weighted by molar-refractivity contribution is 6.30. The van der Waals surface area contributed by atoms with E-state index in [9.17, 15) is 9.18 Å². The maximum Gasteiger partial charge on any atom is 0.434 e. The zero-order chi connectivity index (χ0) is 27.6. The second-order valence-electron chi connectivity index (χ2n) is 10.2. The number of pyridine rings is 1. The summed E-state index contributed by atoms with van der Waals surface area (Å²) in [7, 11) is 0. The molecule has 6 rings (SSSR count). The highest BCUT2D eigenvalue weighted by Gasteiger charge is 2.26. The number of fused-ring (bicyclic) bond motifs is 1. The first-order valence-electron chi connectivity index (χ1n) is 13.2. The van der Waals surface area contributed by atoms with Crippen LogP contribution in [0.1, 0.15) is 44.0 Å². The van der Waals surface area contributed by atoms with E-state index in [-0.39, 0.29) is 30.7 Å². The zero-order valence-electron chi connectivity index (χ0n) is 21.8. The summed E-state index contributed by atoms with van der Waals surface area (Å²) in [4.78, 5) is 30.1. The Morgan fingerprint density at radius 3 is 2.70 bits per heavy atom. The van der Waals surface area contributed by atoms with E-state index >= 15 is 0 Å². The summed E-state index contributed by atoms with van der Waals surface area (Å²) in [5, 5.41) is 6.59. The molecule has 0 saturated heterocycles. The molecule has 0 amide bonds. The monoisotopic (exact) mass is 563 g/mol. The normalized spacial score (nSPS) is 17.5. The molecule has 4 heterocycles. The molecule has 10 nitrogen and oxygen atoms in total. The van der Waals surface area contributed by atoms with Crippen LogP contribution in [0.15, 0.2) is 51.9 Å². The molecule has 0 aliphatic heterocycles. The number of imidazole rings is 1. The number of halogens is 2. The van der Waals surface area contributed by atoms with Crippen molar-refractivity contribution in [2.24, 2.45) is 11.8 Å². The summed E-state index contributed by atoms with van der Waals surface area (Å²) < 4.78 is 27.4. The molecule has 206 valence electrons. The lowest BCUT2D eigenvalue weighted by Crippen LogP contribution is -2.19. The van der Waals surface area contributed by atoms with Crippen LogP contribution in [0.4, 0.5) is 4.39 Å². The van der Waals surface area contributed by atoms with Crippen LogP contribution >= 0.6 is 11.6 Å². The number of aromatic amines is 1. The Morgan fingerprint density at radius 1 is 1.12 bits per heavy atom. The van der Waals surface area contributed by atoms with Crippen molar-refractivity contribution < 1.29 is 13.5 Å². The number of nitrogens with one attached hydrogen (secondary N) is 1. The molecule has 0 spiro atoms. The Kier molecular flexibility index (Phi) is 7.40. The third-order valence-corrected chi connectivity index (χ3v) is 7.52. The van der Waals surface area contributed by atoms with Crippen molar-refractivity contribution in [3.05, 3.63) is 75.5 Å². The highest BCUT2D eigenvalue weighted by Crippen LogP contribution is 2.34. The van der Waals surface area contributed by atoms with E-state index in [1.54, 1.807) is 36.7 Å². The number of ether oxygens (including phenoxy) is 1. The third-order valence-electron chi connectivity index (χ3n) is 7.31. The molecule has 0 radical (unpaired) electrons. The summed E-state index contributed by atoms with van der Waals surface area (Å²) in [6.45, 7) is 3.21. The van der Waals surface area contributed by atoms with E-state index in [0.717, 1.165) is 12.8 Å². The van der Waals surface area contributed by atoms with Crippen LogP contribution in [-0.2, 0) is 24.5 Å². The minimum Gasteiger partial charge on any atom is -0.384 e. The van der Waals surface area contributed by atoms with Gasteiger partial charge in [0.1, 0.15) is 29.5 Å². The van der Waals surface area contributed by atoms with E-state index in [0.29, 0.717) is 57.2 Å². The van der Waals surface area contributed by atoms with Crippen molar-refractivity contribution in [3.8, 4) is 23.0 Å². The summed E-state index contributed by atoms with van der Waals surface area (Å²) >= 11 is 6.30. The van der Waals surface area contributed by atoms with E-state index in [1.165, 1.54) is 18.9 Å². The number of H-pyrrole nitrogens is 1. The largest absolute Gasteiger partial charge is 0.434 e. The van der Waals surface area contributed by atoms with Crippen molar-refractivity contribution in [1.82, 2.24) is 34.7 Å². The van der Waals surface area contributed by atoms with Gasteiger partial charge in [-0.25, -0.2) is 29.2 Å². The third kappa shape index (κ3) is 5.52. The Labute approximate surface area is 233 Å². The molecule has 1 aliphatic rings. The Morgan fingerprint density at radius 2 is 1.95 bits per heavy atom. The minimum absolute atomic E-state index is 0.0590. The number of rotatable bonds is 8. The molecular formula is C28H27ClFN7O3. The van der Waals surface area contributed by atoms with Crippen LogP contribution in [0, 0.1) is 17.7 Å². The SMILES string of the molecule is CC1CCC(Cn2c(COCc3ccccc3F)nc3nc(-c4n[nH]c(=O)o4)nc(-c4cncc(Cl)c4)c32)CC1. The quantitative estimate of drug-likeness (QED) is 0.260. The van der Waals surface area contributed by atoms with Gasteiger partial charge in [0.05, 0.1) is 11.6 Å². The van der Waals surface area contributed by atoms with Gasteiger partial charge in [0, 0.05) is 30.1 Å². The molecule has 5 aromatic rings.